The average molecular weight is 294 g/mol. The van der Waals surface area contributed by atoms with Crippen LogP contribution in [0, 0.1) is 0 Å². The highest BCUT2D eigenvalue weighted by Gasteiger charge is 2.28. The first kappa shape index (κ1) is 15.8. The summed E-state index contributed by atoms with van der Waals surface area (Å²) in [5, 5.41) is 3.21. The maximum Gasteiger partial charge on any atom is 0.322 e. The predicted molar refractivity (Wildman–Crippen MR) is 84.1 cm³/mol. The predicted octanol–water partition coefficient (Wildman–Crippen LogP) is 1.23. The van der Waals surface area contributed by atoms with Crippen LogP contribution in [-0.2, 0) is 0 Å². The zero-order valence-corrected chi connectivity index (χ0v) is 13.5. The average Bonchev–Trinajstić information content (AvgIpc) is 2.92. The third-order valence-corrected chi connectivity index (χ3v) is 3.53. The minimum absolute atomic E-state index is 0.370. The van der Waals surface area contributed by atoms with Gasteiger partial charge >= 0.3 is 6.01 Å². The minimum atomic E-state index is 0.370. The highest BCUT2D eigenvalue weighted by atomic mass is 16.5. The Kier molecular flexibility index (Phi) is 5.55. The number of methoxy groups -OCH3 is 1. The fourth-order valence-electron chi connectivity index (χ4n) is 2.59. The third kappa shape index (κ3) is 4.17. The molecule has 0 bridgehead atoms. The number of anilines is 2. The third-order valence-electron chi connectivity index (χ3n) is 3.53. The molecule has 1 saturated heterocycles. The maximum atomic E-state index is 5.21. The van der Waals surface area contributed by atoms with Gasteiger partial charge in [-0.15, -0.1) is 0 Å². The molecule has 7 nitrogen and oxygen atoms in total. The van der Waals surface area contributed by atoms with Crippen molar-refractivity contribution in [3.63, 3.8) is 0 Å². The van der Waals surface area contributed by atoms with Gasteiger partial charge in [0.1, 0.15) is 0 Å². The summed E-state index contributed by atoms with van der Waals surface area (Å²) in [6, 6.07) is 0.820. The number of rotatable bonds is 7. The highest BCUT2D eigenvalue weighted by Crippen LogP contribution is 2.24. The van der Waals surface area contributed by atoms with Gasteiger partial charge in [0.15, 0.2) is 0 Å². The van der Waals surface area contributed by atoms with Gasteiger partial charge in [0.25, 0.3) is 0 Å². The van der Waals surface area contributed by atoms with Crippen LogP contribution < -0.4 is 15.0 Å². The van der Waals surface area contributed by atoms with Crippen LogP contribution >= 0.6 is 0 Å². The van der Waals surface area contributed by atoms with Gasteiger partial charge in [-0.05, 0) is 33.4 Å². The molecule has 0 aromatic carbocycles. The van der Waals surface area contributed by atoms with Gasteiger partial charge < -0.3 is 19.9 Å². The van der Waals surface area contributed by atoms with Crippen LogP contribution in [0.25, 0.3) is 0 Å². The van der Waals surface area contributed by atoms with Crippen LogP contribution in [0.15, 0.2) is 0 Å². The van der Waals surface area contributed by atoms with E-state index in [0.29, 0.717) is 23.9 Å². The lowest BCUT2D eigenvalue weighted by atomic mass is 10.2. The first-order chi connectivity index (χ1) is 10.1. The number of nitrogens with zero attached hydrogens (tertiary/aromatic N) is 5. The molecule has 118 valence electrons. The topological polar surface area (TPSA) is 66.4 Å². The number of nitrogens with one attached hydrogen (secondary N) is 1. The molecular weight excluding hydrogens is 268 g/mol. The summed E-state index contributed by atoms with van der Waals surface area (Å²) in [4.78, 5) is 17.7. The van der Waals surface area contributed by atoms with Crippen LogP contribution in [0.3, 0.4) is 0 Å². The Bertz CT molecular complexity index is 453. The lowest BCUT2D eigenvalue weighted by molar-refractivity contribution is 0.366. The van der Waals surface area contributed by atoms with Crippen LogP contribution in [0.1, 0.15) is 26.2 Å². The molecule has 1 fully saturated rings. The van der Waals surface area contributed by atoms with E-state index in [2.05, 4.69) is 51.1 Å². The van der Waals surface area contributed by atoms with Gasteiger partial charge in [-0.1, -0.05) is 6.92 Å². The molecule has 1 N–H and O–H groups in total. The van der Waals surface area contributed by atoms with Crippen molar-refractivity contribution in [2.75, 3.05) is 51.1 Å². The monoisotopic (exact) mass is 294 g/mol. The second-order valence-electron chi connectivity index (χ2n) is 5.62. The quantitative estimate of drug-likeness (QED) is 0.811. The van der Waals surface area contributed by atoms with Crippen molar-refractivity contribution < 1.29 is 4.74 Å². The molecule has 0 aliphatic carbocycles. The largest absolute Gasteiger partial charge is 0.467 e. The Morgan fingerprint density at radius 2 is 2.14 bits per heavy atom. The van der Waals surface area contributed by atoms with Crippen molar-refractivity contribution in [3.05, 3.63) is 0 Å². The molecule has 2 rings (SSSR count). The van der Waals surface area contributed by atoms with Crippen molar-refractivity contribution in [1.29, 1.82) is 0 Å². The summed E-state index contributed by atoms with van der Waals surface area (Å²) in [6.07, 6.45) is 3.37. The van der Waals surface area contributed by atoms with E-state index in [1.807, 2.05) is 0 Å². The Hall–Kier alpha value is -1.63. The van der Waals surface area contributed by atoms with Crippen molar-refractivity contribution in [1.82, 2.24) is 19.9 Å². The summed E-state index contributed by atoms with van der Waals surface area (Å²) >= 11 is 0. The van der Waals surface area contributed by atoms with E-state index < -0.39 is 0 Å². The van der Waals surface area contributed by atoms with E-state index in [-0.39, 0.29) is 0 Å². The highest BCUT2D eigenvalue weighted by molar-refractivity contribution is 5.40. The van der Waals surface area contributed by atoms with Gasteiger partial charge in [0, 0.05) is 25.7 Å². The number of hydrogen-bond donors (Lipinski definition) is 1. The summed E-state index contributed by atoms with van der Waals surface area (Å²) in [7, 11) is 5.78. The number of ether oxygens (including phenoxy) is 1. The molecule has 0 radical (unpaired) electrons. The van der Waals surface area contributed by atoms with E-state index >= 15 is 0 Å². The molecule has 1 unspecified atom stereocenters. The van der Waals surface area contributed by atoms with E-state index in [1.54, 1.807) is 7.11 Å². The lowest BCUT2D eigenvalue weighted by Gasteiger charge is -2.27. The van der Waals surface area contributed by atoms with Crippen molar-refractivity contribution in [2.24, 2.45) is 0 Å². The van der Waals surface area contributed by atoms with E-state index in [0.717, 1.165) is 26.1 Å². The molecule has 7 heteroatoms. The lowest BCUT2D eigenvalue weighted by Crippen LogP contribution is -2.38. The Labute approximate surface area is 126 Å². The van der Waals surface area contributed by atoms with Crippen molar-refractivity contribution >= 4 is 11.9 Å². The normalized spacial score (nSPS) is 18.3. The molecule has 0 spiro atoms. The molecular formula is C14H26N6O. The Morgan fingerprint density at radius 1 is 1.33 bits per heavy atom. The second-order valence-corrected chi connectivity index (χ2v) is 5.62. The molecule has 2 heterocycles. The molecule has 1 aromatic heterocycles. The summed E-state index contributed by atoms with van der Waals surface area (Å²) < 4.78 is 5.21. The Balaban J connectivity index is 2.20. The van der Waals surface area contributed by atoms with E-state index in [1.165, 1.54) is 12.8 Å². The fraction of sp³-hybridized carbons (Fsp3) is 0.786. The number of likely N-dealkylation sites (N-methyl/N-ethyl adjacent to an activating group) is 1. The van der Waals surface area contributed by atoms with E-state index in [9.17, 15) is 0 Å². The van der Waals surface area contributed by atoms with Crippen molar-refractivity contribution in [3.8, 4) is 6.01 Å². The first-order valence-electron chi connectivity index (χ1n) is 7.59. The molecule has 1 atom stereocenters. The number of hydrogen-bond acceptors (Lipinski definition) is 7. The Morgan fingerprint density at radius 3 is 2.81 bits per heavy atom. The molecule has 0 amide bonds. The molecule has 1 aliphatic heterocycles. The zero-order valence-electron chi connectivity index (χ0n) is 13.5. The summed E-state index contributed by atoms with van der Waals surface area (Å²) in [5.74, 6) is 1.30. The zero-order chi connectivity index (χ0) is 15.2. The molecule has 21 heavy (non-hydrogen) atoms. The van der Waals surface area contributed by atoms with Gasteiger partial charge in [-0.25, -0.2) is 0 Å². The van der Waals surface area contributed by atoms with Crippen LogP contribution in [-0.4, -0.2) is 66.7 Å². The smallest absolute Gasteiger partial charge is 0.322 e. The summed E-state index contributed by atoms with van der Waals surface area (Å²) in [5.41, 5.74) is 0. The number of aromatic nitrogens is 3. The van der Waals surface area contributed by atoms with Gasteiger partial charge in [0.05, 0.1) is 7.11 Å². The van der Waals surface area contributed by atoms with Crippen molar-refractivity contribution in [2.45, 2.75) is 32.2 Å². The van der Waals surface area contributed by atoms with E-state index in [4.69, 9.17) is 4.74 Å². The fourth-order valence-corrected chi connectivity index (χ4v) is 2.59. The van der Waals surface area contributed by atoms with Gasteiger partial charge in [0.2, 0.25) is 11.9 Å². The minimum Gasteiger partial charge on any atom is -0.467 e. The van der Waals surface area contributed by atoms with Crippen LogP contribution in [0.5, 0.6) is 6.01 Å². The molecule has 1 aliphatic rings. The van der Waals surface area contributed by atoms with Gasteiger partial charge in [-0.3, -0.25) is 0 Å². The second kappa shape index (κ2) is 7.40. The van der Waals surface area contributed by atoms with Gasteiger partial charge in [-0.2, -0.15) is 15.0 Å². The summed E-state index contributed by atoms with van der Waals surface area (Å²) in [6.45, 7) is 4.94. The SMILES string of the molecule is CCCNc1nc(OC)nc(N2CCCC2CN(C)C)n1. The van der Waals surface area contributed by atoms with Crippen LogP contribution in [0.4, 0.5) is 11.9 Å². The molecule has 1 aromatic rings. The molecule has 0 saturated carbocycles. The maximum absolute atomic E-state index is 5.21. The standard InChI is InChI=1S/C14H26N6O/c1-5-8-15-12-16-13(18-14(17-12)21-4)20-9-6-7-11(20)10-19(2)3/h11H,5-10H2,1-4H3,(H,15,16,17,18). The van der Waals surface area contributed by atoms with Crippen LogP contribution in [0.2, 0.25) is 0 Å². The first-order valence-corrected chi connectivity index (χ1v) is 7.59.